The average Bonchev–Trinajstić information content (AvgIpc) is 3.32. The fraction of sp³-hybridized carbons (Fsp3) is 0.375. The molecule has 0 radical (unpaired) electrons. The Hall–Kier alpha value is -3.03. The Morgan fingerprint density at radius 1 is 1.13 bits per heavy atom. The van der Waals surface area contributed by atoms with Crippen LogP contribution in [0.3, 0.4) is 0 Å². The minimum atomic E-state index is -0.195. The van der Waals surface area contributed by atoms with Gasteiger partial charge in [0.15, 0.2) is 0 Å². The summed E-state index contributed by atoms with van der Waals surface area (Å²) < 4.78 is 11.6. The lowest BCUT2D eigenvalue weighted by Gasteiger charge is -2.37. The molecule has 1 amide bonds. The summed E-state index contributed by atoms with van der Waals surface area (Å²) in [6, 6.07) is 9.91. The topological polar surface area (TPSA) is 86.4 Å². The predicted octanol–water partition coefficient (Wildman–Crippen LogP) is 3.44. The molecular weight excluding hydrogens is 396 g/mol. The number of carbonyl (C=O) groups excluding carboxylic acids is 1. The van der Waals surface area contributed by atoms with Gasteiger partial charge in [-0.05, 0) is 49.4 Å². The van der Waals surface area contributed by atoms with E-state index in [1.54, 1.807) is 50.5 Å². The Balaban J connectivity index is 1.64. The lowest BCUT2D eigenvalue weighted by atomic mass is 9.85. The van der Waals surface area contributed by atoms with Gasteiger partial charge in [-0.3, -0.25) is 9.69 Å². The van der Waals surface area contributed by atoms with Gasteiger partial charge in [-0.25, -0.2) is 0 Å². The highest BCUT2D eigenvalue weighted by Gasteiger charge is 2.44. The van der Waals surface area contributed by atoms with E-state index in [1.807, 2.05) is 0 Å². The van der Waals surface area contributed by atoms with E-state index in [4.69, 9.17) is 9.15 Å². The van der Waals surface area contributed by atoms with Gasteiger partial charge in [-0.2, -0.15) is 0 Å². The van der Waals surface area contributed by atoms with Crippen molar-refractivity contribution in [1.82, 2.24) is 9.80 Å². The van der Waals surface area contributed by atoms with E-state index in [9.17, 15) is 15.0 Å². The van der Waals surface area contributed by atoms with E-state index < -0.39 is 0 Å². The van der Waals surface area contributed by atoms with Crippen LogP contribution < -0.4 is 0 Å². The van der Waals surface area contributed by atoms with Crippen molar-refractivity contribution in [3.05, 3.63) is 47.5 Å². The lowest BCUT2D eigenvalue weighted by molar-refractivity contribution is -0.105. The van der Waals surface area contributed by atoms with Crippen LogP contribution in [0.25, 0.3) is 22.3 Å². The molecule has 7 heteroatoms. The van der Waals surface area contributed by atoms with Gasteiger partial charge in [-0.15, -0.1) is 0 Å². The van der Waals surface area contributed by atoms with E-state index in [-0.39, 0.29) is 22.8 Å². The number of fused-ring (bicyclic) bond motifs is 1. The van der Waals surface area contributed by atoms with Crippen molar-refractivity contribution in [2.75, 3.05) is 40.4 Å². The third-order valence-electron chi connectivity index (χ3n) is 6.40. The molecule has 1 spiro atoms. The molecule has 2 aromatic carbocycles. The third kappa shape index (κ3) is 3.34. The van der Waals surface area contributed by atoms with Crippen molar-refractivity contribution in [1.29, 1.82) is 0 Å². The van der Waals surface area contributed by atoms with Gasteiger partial charge in [-0.1, -0.05) is 0 Å². The summed E-state index contributed by atoms with van der Waals surface area (Å²) in [5.41, 5.74) is 2.61. The summed E-state index contributed by atoms with van der Waals surface area (Å²) in [5.74, 6) is 0.538. The highest BCUT2D eigenvalue weighted by molar-refractivity contribution is 6.12. The zero-order valence-corrected chi connectivity index (χ0v) is 17.7. The highest BCUT2D eigenvalue weighted by atomic mass is 16.5. The molecule has 0 atom stereocenters. The number of ether oxygens (including phenoxy) is 1. The maximum Gasteiger partial charge on any atom is 0.257 e. The van der Waals surface area contributed by atoms with Gasteiger partial charge >= 0.3 is 0 Å². The van der Waals surface area contributed by atoms with Crippen LogP contribution >= 0.6 is 0 Å². The Morgan fingerprint density at radius 3 is 2.48 bits per heavy atom. The molecular formula is C24H26N2O5. The second-order valence-corrected chi connectivity index (χ2v) is 8.94. The van der Waals surface area contributed by atoms with Crippen LogP contribution in [0.1, 0.15) is 22.3 Å². The number of rotatable bonds is 4. The molecule has 5 rings (SSSR count). The number of phenols is 2. The SMILES string of the molecule is CN(C)C(=O)c1c(-c2ccc(O)cc2)oc2ccc(O)c(CN3CCC4(COC4)C3)c12. The molecule has 3 heterocycles. The van der Waals surface area contributed by atoms with Crippen LogP contribution in [-0.2, 0) is 11.3 Å². The molecule has 0 bridgehead atoms. The number of benzene rings is 2. The molecule has 2 aliphatic rings. The molecule has 0 saturated carbocycles. The van der Waals surface area contributed by atoms with Crippen molar-refractivity contribution >= 4 is 16.9 Å². The van der Waals surface area contributed by atoms with Gasteiger partial charge in [0, 0.05) is 49.1 Å². The molecule has 2 aliphatic heterocycles. The number of aromatic hydroxyl groups is 2. The fourth-order valence-electron chi connectivity index (χ4n) is 4.67. The van der Waals surface area contributed by atoms with Crippen LogP contribution in [0.5, 0.6) is 11.5 Å². The van der Waals surface area contributed by atoms with Crippen LogP contribution in [0.2, 0.25) is 0 Å². The van der Waals surface area contributed by atoms with Crippen molar-refractivity contribution in [3.8, 4) is 22.8 Å². The summed E-state index contributed by atoms with van der Waals surface area (Å²) in [4.78, 5) is 17.1. The summed E-state index contributed by atoms with van der Waals surface area (Å²) in [6.45, 7) is 3.97. The molecule has 2 N–H and O–H groups in total. The maximum atomic E-state index is 13.2. The van der Waals surface area contributed by atoms with Crippen molar-refractivity contribution < 1.29 is 24.2 Å². The Kier molecular flexibility index (Phi) is 4.68. The first-order valence-corrected chi connectivity index (χ1v) is 10.5. The lowest BCUT2D eigenvalue weighted by Crippen LogP contribution is -2.44. The number of hydrogen-bond acceptors (Lipinski definition) is 6. The zero-order valence-electron chi connectivity index (χ0n) is 17.7. The second-order valence-electron chi connectivity index (χ2n) is 8.94. The summed E-state index contributed by atoms with van der Waals surface area (Å²) >= 11 is 0. The summed E-state index contributed by atoms with van der Waals surface area (Å²) in [7, 11) is 3.40. The number of hydrogen-bond donors (Lipinski definition) is 2. The largest absolute Gasteiger partial charge is 0.508 e. The van der Waals surface area contributed by atoms with Gasteiger partial charge in [0.1, 0.15) is 22.8 Å². The van der Waals surface area contributed by atoms with Crippen LogP contribution in [-0.4, -0.2) is 66.3 Å². The van der Waals surface area contributed by atoms with Gasteiger partial charge in [0.2, 0.25) is 0 Å². The van der Waals surface area contributed by atoms with Gasteiger partial charge in [0.25, 0.3) is 5.91 Å². The van der Waals surface area contributed by atoms with Gasteiger partial charge in [0.05, 0.1) is 18.8 Å². The first kappa shape index (κ1) is 19.9. The monoisotopic (exact) mass is 422 g/mol. The minimum absolute atomic E-state index is 0.140. The first-order valence-electron chi connectivity index (χ1n) is 10.5. The van der Waals surface area contributed by atoms with Crippen LogP contribution in [0.4, 0.5) is 0 Å². The first-order chi connectivity index (χ1) is 14.9. The molecule has 1 aromatic heterocycles. The Labute approximate surface area is 180 Å². The quantitative estimate of drug-likeness (QED) is 0.670. The number of furan rings is 1. The zero-order chi connectivity index (χ0) is 21.8. The maximum absolute atomic E-state index is 13.2. The van der Waals surface area contributed by atoms with Gasteiger partial charge < -0.3 is 24.3 Å². The Morgan fingerprint density at radius 2 is 1.87 bits per heavy atom. The molecule has 3 aromatic rings. The number of amides is 1. The van der Waals surface area contributed by atoms with Crippen molar-refractivity contribution in [2.24, 2.45) is 5.41 Å². The molecule has 7 nitrogen and oxygen atoms in total. The van der Waals surface area contributed by atoms with E-state index in [0.29, 0.717) is 40.0 Å². The van der Waals surface area contributed by atoms with Crippen molar-refractivity contribution in [2.45, 2.75) is 13.0 Å². The smallest absolute Gasteiger partial charge is 0.257 e. The molecule has 31 heavy (non-hydrogen) atoms. The number of nitrogens with zero attached hydrogens (tertiary/aromatic N) is 2. The predicted molar refractivity (Wildman–Crippen MR) is 116 cm³/mol. The summed E-state index contributed by atoms with van der Waals surface area (Å²) in [6.07, 6.45) is 1.08. The van der Waals surface area contributed by atoms with Crippen LogP contribution in [0, 0.1) is 5.41 Å². The normalized spacial score (nSPS) is 17.9. The Bertz CT molecular complexity index is 1140. The second kappa shape index (κ2) is 7.28. The van der Waals surface area contributed by atoms with E-state index >= 15 is 0 Å². The number of likely N-dealkylation sites (tertiary alicyclic amines) is 1. The third-order valence-corrected chi connectivity index (χ3v) is 6.40. The van der Waals surface area contributed by atoms with E-state index in [2.05, 4.69) is 4.90 Å². The molecule has 2 fully saturated rings. The number of phenolic OH excluding ortho intramolecular Hbond substituents is 2. The van der Waals surface area contributed by atoms with E-state index in [1.165, 1.54) is 4.90 Å². The molecule has 0 aliphatic carbocycles. The highest BCUT2D eigenvalue weighted by Crippen LogP contribution is 2.42. The molecule has 2 saturated heterocycles. The van der Waals surface area contributed by atoms with E-state index in [0.717, 1.165) is 32.7 Å². The van der Waals surface area contributed by atoms with Crippen molar-refractivity contribution in [3.63, 3.8) is 0 Å². The average molecular weight is 422 g/mol. The summed E-state index contributed by atoms with van der Waals surface area (Å²) in [5, 5.41) is 21.1. The standard InChI is InChI=1S/C24H26N2O5/c1-25(2)23(29)21-20-17(11-26-10-9-24(12-26)13-30-14-24)18(28)7-8-19(20)31-22(21)15-3-5-16(27)6-4-15/h3-8,27-28H,9-14H2,1-2H3. The van der Waals surface area contributed by atoms with Crippen LogP contribution in [0.15, 0.2) is 40.8 Å². The minimum Gasteiger partial charge on any atom is -0.508 e. The fourth-order valence-corrected chi connectivity index (χ4v) is 4.67. The molecule has 0 unspecified atom stereocenters. The molecule has 162 valence electrons. The number of carbonyl (C=O) groups is 1.